The van der Waals surface area contributed by atoms with Gasteiger partial charge in [-0.3, -0.25) is 14.7 Å². The van der Waals surface area contributed by atoms with Gasteiger partial charge in [0, 0.05) is 47.2 Å². The molecule has 7 nitrogen and oxygen atoms in total. The molecule has 184 valence electrons. The van der Waals surface area contributed by atoms with Crippen LogP contribution in [-0.4, -0.2) is 67.1 Å². The lowest BCUT2D eigenvalue weighted by atomic mass is 9.97. The summed E-state index contributed by atoms with van der Waals surface area (Å²) in [5.74, 6) is 0.500. The van der Waals surface area contributed by atoms with Gasteiger partial charge in [0.1, 0.15) is 5.75 Å². The molecule has 0 aliphatic carbocycles. The van der Waals surface area contributed by atoms with Crippen molar-refractivity contribution in [3.63, 3.8) is 0 Å². The van der Waals surface area contributed by atoms with Crippen molar-refractivity contribution in [1.82, 2.24) is 14.8 Å². The molecule has 1 amide bonds. The maximum Gasteiger partial charge on any atom is 0.238 e. The van der Waals surface area contributed by atoms with Gasteiger partial charge in [-0.1, -0.05) is 29.8 Å². The average molecular weight is 494 g/mol. The number of halogens is 1. The van der Waals surface area contributed by atoms with Crippen LogP contribution in [-0.2, 0) is 17.8 Å². The third kappa shape index (κ3) is 5.37. The van der Waals surface area contributed by atoms with Crippen molar-refractivity contribution in [3.05, 3.63) is 58.7 Å². The Kier molecular flexibility index (Phi) is 7.09. The van der Waals surface area contributed by atoms with Gasteiger partial charge in [-0.05, 0) is 57.2 Å². The van der Waals surface area contributed by atoms with Crippen LogP contribution in [0.15, 0.2) is 42.5 Å². The van der Waals surface area contributed by atoms with E-state index in [2.05, 4.69) is 45.7 Å². The number of methoxy groups -OCH3 is 1. The number of carbonyl (C=O) groups is 1. The minimum atomic E-state index is -0.0902. The zero-order valence-electron chi connectivity index (χ0n) is 20.3. The van der Waals surface area contributed by atoms with E-state index in [0.29, 0.717) is 29.0 Å². The molecule has 5 rings (SSSR count). The minimum absolute atomic E-state index is 0.0902. The van der Waals surface area contributed by atoms with Crippen molar-refractivity contribution < 1.29 is 9.53 Å². The van der Waals surface area contributed by atoms with Gasteiger partial charge in [0.05, 0.1) is 30.5 Å². The number of piperidine rings is 1. The van der Waals surface area contributed by atoms with Crippen molar-refractivity contribution in [1.29, 1.82) is 0 Å². The number of ether oxygens (including phenoxy) is 1. The summed E-state index contributed by atoms with van der Waals surface area (Å²) in [5, 5.41) is 8.55. The Morgan fingerprint density at radius 2 is 1.97 bits per heavy atom. The van der Waals surface area contributed by atoms with Crippen LogP contribution in [0.5, 0.6) is 5.75 Å². The number of pyridine rings is 1. The monoisotopic (exact) mass is 493 g/mol. The van der Waals surface area contributed by atoms with Crippen LogP contribution < -0.4 is 15.4 Å². The summed E-state index contributed by atoms with van der Waals surface area (Å²) in [6.07, 6.45) is 3.06. The molecule has 2 N–H and O–H groups in total. The van der Waals surface area contributed by atoms with Crippen LogP contribution in [0, 0.1) is 0 Å². The molecule has 2 aromatic carbocycles. The molecular weight excluding hydrogens is 462 g/mol. The molecule has 2 aliphatic heterocycles. The Labute approximate surface area is 211 Å². The standard InChI is InChI=1S/C27H32ClN5O2/c1-32-12-9-19(10-13-32)29-27-20-5-3-4-6-22(20)30-23-11-14-33(16-21(23)27)17-26(34)31-24-15-18(28)7-8-25(24)35-2/h3-8,15,19H,9-14,16-17H2,1-2H3,(H,29,30)(H,31,34). The summed E-state index contributed by atoms with van der Waals surface area (Å²) >= 11 is 6.12. The van der Waals surface area contributed by atoms with E-state index >= 15 is 0 Å². The van der Waals surface area contributed by atoms with Crippen molar-refractivity contribution in [3.8, 4) is 5.75 Å². The highest BCUT2D eigenvalue weighted by Gasteiger charge is 2.26. The van der Waals surface area contributed by atoms with Crippen LogP contribution in [0.3, 0.4) is 0 Å². The normalized spacial score (nSPS) is 17.2. The first-order valence-corrected chi connectivity index (χ1v) is 12.6. The van der Waals surface area contributed by atoms with E-state index in [0.717, 1.165) is 55.5 Å². The zero-order valence-corrected chi connectivity index (χ0v) is 21.1. The molecule has 1 aromatic heterocycles. The van der Waals surface area contributed by atoms with Crippen LogP contribution in [0.25, 0.3) is 10.9 Å². The highest BCUT2D eigenvalue weighted by atomic mass is 35.5. The molecule has 0 bridgehead atoms. The number of benzene rings is 2. The van der Waals surface area contributed by atoms with E-state index in [9.17, 15) is 4.79 Å². The Hall–Kier alpha value is -2.87. The van der Waals surface area contributed by atoms with E-state index < -0.39 is 0 Å². The van der Waals surface area contributed by atoms with Crippen molar-refractivity contribution in [2.24, 2.45) is 0 Å². The highest BCUT2D eigenvalue weighted by molar-refractivity contribution is 6.31. The van der Waals surface area contributed by atoms with Crippen molar-refractivity contribution in [2.75, 3.05) is 51.0 Å². The predicted octanol–water partition coefficient (Wildman–Crippen LogP) is 4.40. The summed E-state index contributed by atoms with van der Waals surface area (Å²) in [5.41, 5.74) is 5.14. The Balaban J connectivity index is 1.36. The lowest BCUT2D eigenvalue weighted by Gasteiger charge is -2.34. The molecule has 3 aromatic rings. The maximum absolute atomic E-state index is 12.9. The number of rotatable bonds is 6. The molecule has 3 heterocycles. The Bertz CT molecular complexity index is 1230. The summed E-state index contributed by atoms with van der Waals surface area (Å²) < 4.78 is 5.37. The number of fused-ring (bicyclic) bond motifs is 2. The predicted molar refractivity (Wildman–Crippen MR) is 141 cm³/mol. The van der Waals surface area contributed by atoms with Crippen LogP contribution in [0.2, 0.25) is 5.02 Å². The Morgan fingerprint density at radius 1 is 1.17 bits per heavy atom. The number of hydrogen-bond acceptors (Lipinski definition) is 6. The molecule has 0 radical (unpaired) electrons. The first-order valence-electron chi connectivity index (χ1n) is 12.2. The highest BCUT2D eigenvalue weighted by Crippen LogP contribution is 2.34. The molecule has 0 saturated carbocycles. The number of amides is 1. The lowest BCUT2D eigenvalue weighted by molar-refractivity contribution is -0.117. The van der Waals surface area contributed by atoms with Gasteiger partial charge in [0.2, 0.25) is 5.91 Å². The molecule has 8 heteroatoms. The average Bonchev–Trinajstić information content (AvgIpc) is 2.85. The molecule has 0 atom stereocenters. The van der Waals surface area contributed by atoms with Crippen LogP contribution in [0.1, 0.15) is 24.1 Å². The van der Waals surface area contributed by atoms with Crippen molar-refractivity contribution in [2.45, 2.75) is 31.8 Å². The third-order valence-corrected chi connectivity index (χ3v) is 7.23. The van der Waals surface area contributed by atoms with Gasteiger partial charge in [0.15, 0.2) is 0 Å². The number of likely N-dealkylation sites (tertiary alicyclic amines) is 1. The number of nitrogens with one attached hydrogen (secondary N) is 2. The smallest absolute Gasteiger partial charge is 0.238 e. The molecule has 0 spiro atoms. The molecule has 2 aliphatic rings. The zero-order chi connectivity index (χ0) is 24.4. The van der Waals surface area contributed by atoms with E-state index in [1.165, 1.54) is 11.3 Å². The number of hydrogen-bond donors (Lipinski definition) is 2. The number of aromatic nitrogens is 1. The van der Waals surface area contributed by atoms with Gasteiger partial charge >= 0.3 is 0 Å². The first kappa shape index (κ1) is 23.9. The molecule has 1 saturated heterocycles. The number of nitrogens with zero attached hydrogens (tertiary/aromatic N) is 3. The molecular formula is C27H32ClN5O2. The largest absolute Gasteiger partial charge is 0.495 e. The molecule has 35 heavy (non-hydrogen) atoms. The number of anilines is 2. The number of carbonyl (C=O) groups excluding carboxylic acids is 1. The van der Waals surface area contributed by atoms with Crippen LogP contribution >= 0.6 is 11.6 Å². The van der Waals surface area contributed by atoms with Gasteiger partial charge < -0.3 is 20.3 Å². The van der Waals surface area contributed by atoms with E-state index in [1.54, 1.807) is 25.3 Å². The van der Waals surface area contributed by atoms with Gasteiger partial charge in [-0.25, -0.2) is 0 Å². The summed E-state index contributed by atoms with van der Waals surface area (Å²) in [4.78, 5) is 22.5. The van der Waals surface area contributed by atoms with Gasteiger partial charge in [-0.2, -0.15) is 0 Å². The van der Waals surface area contributed by atoms with Crippen molar-refractivity contribution >= 4 is 39.8 Å². The third-order valence-electron chi connectivity index (χ3n) is 7.00. The minimum Gasteiger partial charge on any atom is -0.495 e. The van der Waals surface area contributed by atoms with E-state index in [1.807, 2.05) is 6.07 Å². The second-order valence-electron chi connectivity index (χ2n) is 9.50. The molecule has 0 unspecified atom stereocenters. The second-order valence-corrected chi connectivity index (χ2v) is 9.94. The topological polar surface area (TPSA) is 69.7 Å². The molecule has 1 fully saturated rings. The fourth-order valence-electron chi connectivity index (χ4n) is 5.07. The fraction of sp³-hybridized carbons (Fsp3) is 0.407. The first-order chi connectivity index (χ1) is 17.0. The van der Waals surface area contributed by atoms with E-state index in [-0.39, 0.29) is 12.5 Å². The second kappa shape index (κ2) is 10.4. The summed E-state index contributed by atoms with van der Waals surface area (Å²) in [7, 11) is 3.76. The van der Waals surface area contributed by atoms with Gasteiger partial charge in [-0.15, -0.1) is 0 Å². The maximum atomic E-state index is 12.9. The SMILES string of the molecule is COc1ccc(Cl)cc1NC(=O)CN1CCc2nc3ccccc3c(NC3CCN(C)CC3)c2C1. The van der Waals surface area contributed by atoms with Gasteiger partial charge in [0.25, 0.3) is 0 Å². The summed E-state index contributed by atoms with van der Waals surface area (Å²) in [6, 6.07) is 14.0. The number of para-hydroxylation sites is 1. The summed E-state index contributed by atoms with van der Waals surface area (Å²) in [6.45, 7) is 3.95. The fourth-order valence-corrected chi connectivity index (χ4v) is 5.25. The van der Waals surface area contributed by atoms with E-state index in [4.69, 9.17) is 21.3 Å². The lowest BCUT2D eigenvalue weighted by Crippen LogP contribution is -2.39. The quantitative estimate of drug-likeness (QED) is 0.530. The van der Waals surface area contributed by atoms with Crippen LogP contribution in [0.4, 0.5) is 11.4 Å². The Morgan fingerprint density at radius 3 is 2.77 bits per heavy atom.